The Labute approximate surface area is 128 Å². The van der Waals surface area contributed by atoms with Crippen molar-refractivity contribution in [2.45, 2.75) is 10.4 Å². The van der Waals surface area contributed by atoms with E-state index in [4.69, 9.17) is 0 Å². The minimum atomic E-state index is -5.65. The van der Waals surface area contributed by atoms with Gasteiger partial charge < -0.3 is 5.32 Å². The molecule has 0 fully saturated rings. The van der Waals surface area contributed by atoms with E-state index in [2.05, 4.69) is 5.32 Å². The third-order valence-electron chi connectivity index (χ3n) is 2.83. The summed E-state index contributed by atoms with van der Waals surface area (Å²) < 4.78 is 60.2. The van der Waals surface area contributed by atoms with Crippen LogP contribution in [-0.4, -0.2) is 18.8 Å². The summed E-state index contributed by atoms with van der Waals surface area (Å²) in [6.45, 7) is 0. The van der Waals surface area contributed by atoms with Gasteiger partial charge in [0.2, 0.25) is 0 Å². The summed E-state index contributed by atoms with van der Waals surface area (Å²) in [6.07, 6.45) is 0. The molecule has 0 aliphatic rings. The van der Waals surface area contributed by atoms with Crippen LogP contribution in [0.4, 0.5) is 30.2 Å². The van der Waals surface area contributed by atoms with Crippen LogP contribution in [0, 0.1) is 10.1 Å². The first-order valence-electron chi connectivity index (χ1n) is 6.05. The molecule has 0 heterocycles. The van der Waals surface area contributed by atoms with E-state index in [1.54, 1.807) is 30.3 Å². The molecule has 6 nitrogen and oxygen atoms in total. The first-order chi connectivity index (χ1) is 10.6. The molecule has 2 aromatic rings. The number of nitro groups is 1. The standard InChI is InChI=1S/C13H9F3N2O4S/c14-13(15,16)23(21,22)10-6-7-11(12(8-10)18(19)20)17-9-4-2-1-3-5-9/h1-8,17H. The quantitative estimate of drug-likeness (QED) is 0.674. The van der Waals surface area contributed by atoms with Crippen LogP contribution in [0.25, 0.3) is 0 Å². The molecule has 0 saturated carbocycles. The zero-order chi connectivity index (χ0) is 17.3. The molecule has 122 valence electrons. The predicted molar refractivity (Wildman–Crippen MR) is 76.1 cm³/mol. The van der Waals surface area contributed by atoms with Gasteiger partial charge in [-0.05, 0) is 24.3 Å². The lowest BCUT2D eigenvalue weighted by atomic mass is 10.2. The molecule has 0 aliphatic carbocycles. The van der Waals surface area contributed by atoms with Gasteiger partial charge in [-0.2, -0.15) is 13.2 Å². The van der Waals surface area contributed by atoms with E-state index < -0.39 is 30.9 Å². The SMILES string of the molecule is O=[N+]([O-])c1cc(S(=O)(=O)C(F)(F)F)ccc1Nc1ccccc1. The van der Waals surface area contributed by atoms with Gasteiger partial charge in [0.1, 0.15) is 5.69 Å². The van der Waals surface area contributed by atoms with E-state index in [1.807, 2.05) is 0 Å². The molecule has 2 rings (SSSR count). The zero-order valence-corrected chi connectivity index (χ0v) is 12.1. The minimum Gasteiger partial charge on any atom is -0.350 e. The Kier molecular flexibility index (Phi) is 4.28. The first kappa shape index (κ1) is 16.7. The maximum Gasteiger partial charge on any atom is 0.501 e. The van der Waals surface area contributed by atoms with Crippen LogP contribution in [0.1, 0.15) is 0 Å². The highest BCUT2D eigenvalue weighted by atomic mass is 32.2. The average molecular weight is 346 g/mol. The minimum absolute atomic E-state index is 0.123. The van der Waals surface area contributed by atoms with Crippen LogP contribution in [0.15, 0.2) is 53.4 Å². The molecule has 23 heavy (non-hydrogen) atoms. The fourth-order valence-corrected chi connectivity index (χ4v) is 2.53. The number of hydrogen-bond donors (Lipinski definition) is 1. The van der Waals surface area contributed by atoms with Gasteiger partial charge in [-0.15, -0.1) is 0 Å². The summed E-state index contributed by atoms with van der Waals surface area (Å²) in [7, 11) is -5.65. The first-order valence-corrected chi connectivity index (χ1v) is 7.53. The van der Waals surface area contributed by atoms with Crippen molar-refractivity contribution in [2.24, 2.45) is 0 Å². The number of sulfone groups is 1. The van der Waals surface area contributed by atoms with Crippen molar-refractivity contribution in [3.63, 3.8) is 0 Å². The van der Waals surface area contributed by atoms with Gasteiger partial charge in [0.25, 0.3) is 15.5 Å². The van der Waals surface area contributed by atoms with Crippen LogP contribution >= 0.6 is 0 Å². The van der Waals surface area contributed by atoms with Gasteiger partial charge in [0, 0.05) is 11.8 Å². The molecule has 10 heteroatoms. The predicted octanol–water partition coefficient (Wildman–Crippen LogP) is 3.63. The third-order valence-corrected chi connectivity index (χ3v) is 4.32. The summed E-state index contributed by atoms with van der Waals surface area (Å²) in [5.41, 5.74) is -5.97. The van der Waals surface area contributed by atoms with E-state index >= 15 is 0 Å². The molecular formula is C13H9F3N2O4S. The molecule has 0 bridgehead atoms. The number of halogens is 3. The molecule has 0 aromatic heterocycles. The van der Waals surface area contributed by atoms with Gasteiger partial charge >= 0.3 is 5.51 Å². The van der Waals surface area contributed by atoms with Crippen molar-refractivity contribution in [1.29, 1.82) is 0 Å². The number of rotatable bonds is 4. The van der Waals surface area contributed by atoms with Crippen molar-refractivity contribution in [2.75, 3.05) is 5.32 Å². The largest absolute Gasteiger partial charge is 0.501 e. The summed E-state index contributed by atoms with van der Waals surface area (Å²) in [6, 6.07) is 10.2. The highest BCUT2D eigenvalue weighted by Crippen LogP contribution is 2.35. The fraction of sp³-hybridized carbons (Fsp3) is 0.0769. The van der Waals surface area contributed by atoms with Gasteiger partial charge in [-0.3, -0.25) is 10.1 Å². The maximum atomic E-state index is 12.5. The Bertz CT molecular complexity index is 836. The number of benzene rings is 2. The maximum absolute atomic E-state index is 12.5. The molecule has 0 unspecified atom stereocenters. The van der Waals surface area contributed by atoms with Crippen molar-refractivity contribution in [3.05, 3.63) is 58.6 Å². The van der Waals surface area contributed by atoms with E-state index in [0.29, 0.717) is 17.8 Å². The van der Waals surface area contributed by atoms with Gasteiger partial charge in [-0.1, -0.05) is 18.2 Å². The Balaban J connectivity index is 2.50. The highest BCUT2D eigenvalue weighted by molar-refractivity contribution is 7.92. The van der Waals surface area contributed by atoms with Crippen molar-refractivity contribution in [3.8, 4) is 0 Å². The normalized spacial score (nSPS) is 12.0. The van der Waals surface area contributed by atoms with Gasteiger partial charge in [-0.25, -0.2) is 8.42 Å². The number of nitro benzene ring substituents is 1. The van der Waals surface area contributed by atoms with E-state index in [-0.39, 0.29) is 5.69 Å². The molecule has 0 spiro atoms. The van der Waals surface area contributed by atoms with Gasteiger partial charge in [0.15, 0.2) is 0 Å². The lowest BCUT2D eigenvalue weighted by Gasteiger charge is -2.10. The third kappa shape index (κ3) is 3.42. The van der Waals surface area contributed by atoms with E-state index in [1.165, 1.54) is 0 Å². The molecule has 0 amide bonds. The van der Waals surface area contributed by atoms with Crippen LogP contribution < -0.4 is 5.32 Å². The van der Waals surface area contributed by atoms with E-state index in [9.17, 15) is 31.7 Å². The Hall–Kier alpha value is -2.62. The Morgan fingerprint density at radius 2 is 1.65 bits per heavy atom. The molecule has 0 atom stereocenters. The molecule has 0 radical (unpaired) electrons. The summed E-state index contributed by atoms with van der Waals surface area (Å²) in [4.78, 5) is 8.89. The second-order valence-corrected chi connectivity index (χ2v) is 6.32. The van der Waals surface area contributed by atoms with Crippen LogP contribution in [0.5, 0.6) is 0 Å². The number of hydrogen-bond acceptors (Lipinski definition) is 5. The smallest absolute Gasteiger partial charge is 0.350 e. The summed E-state index contributed by atoms with van der Waals surface area (Å²) in [5, 5.41) is 13.7. The van der Waals surface area contributed by atoms with E-state index in [0.717, 1.165) is 6.07 Å². The zero-order valence-electron chi connectivity index (χ0n) is 11.2. The monoisotopic (exact) mass is 346 g/mol. The van der Waals surface area contributed by atoms with Crippen molar-refractivity contribution < 1.29 is 26.5 Å². The number of alkyl halides is 3. The molecule has 0 saturated heterocycles. The van der Waals surface area contributed by atoms with Gasteiger partial charge in [0.05, 0.1) is 9.82 Å². The average Bonchev–Trinajstić information content (AvgIpc) is 2.47. The number of anilines is 2. The molecular weight excluding hydrogens is 337 g/mol. The topological polar surface area (TPSA) is 89.3 Å². The van der Waals surface area contributed by atoms with Crippen molar-refractivity contribution >= 4 is 26.9 Å². The van der Waals surface area contributed by atoms with Crippen LogP contribution in [-0.2, 0) is 9.84 Å². The lowest BCUT2D eigenvalue weighted by molar-refractivity contribution is -0.384. The van der Waals surface area contributed by atoms with Crippen LogP contribution in [0.3, 0.4) is 0 Å². The molecule has 2 aromatic carbocycles. The fourth-order valence-electron chi connectivity index (χ4n) is 1.75. The molecule has 0 aliphatic heterocycles. The second kappa shape index (κ2) is 5.88. The summed E-state index contributed by atoms with van der Waals surface area (Å²) >= 11 is 0. The highest BCUT2D eigenvalue weighted by Gasteiger charge is 2.47. The Morgan fingerprint density at radius 3 is 2.17 bits per heavy atom. The number of nitrogens with zero attached hydrogens (tertiary/aromatic N) is 1. The lowest BCUT2D eigenvalue weighted by Crippen LogP contribution is -2.23. The molecule has 1 N–H and O–H groups in total. The number of nitrogens with one attached hydrogen (secondary N) is 1. The second-order valence-electron chi connectivity index (χ2n) is 4.38. The van der Waals surface area contributed by atoms with Crippen LogP contribution in [0.2, 0.25) is 0 Å². The summed E-state index contributed by atoms with van der Waals surface area (Å²) in [5.74, 6) is 0. The van der Waals surface area contributed by atoms with Crippen molar-refractivity contribution in [1.82, 2.24) is 0 Å². The Morgan fingerprint density at radius 1 is 1.04 bits per heavy atom. The number of para-hydroxylation sites is 1.